The maximum atomic E-state index is 12.3. The second-order valence-corrected chi connectivity index (χ2v) is 7.73. The highest BCUT2D eigenvalue weighted by Gasteiger charge is 2.15. The first kappa shape index (κ1) is 24.5. The number of aromatic nitrogens is 2. The average molecular weight is 464 g/mol. The molecule has 3 aromatic rings. The Labute approximate surface area is 198 Å². The van der Waals surface area contributed by atoms with Gasteiger partial charge < -0.3 is 20.2 Å². The van der Waals surface area contributed by atoms with Gasteiger partial charge in [-0.05, 0) is 50.3 Å². The molecule has 0 aliphatic rings. The highest BCUT2D eigenvalue weighted by atomic mass is 16.4. The molecule has 10 nitrogen and oxygen atoms in total. The van der Waals surface area contributed by atoms with E-state index in [2.05, 4.69) is 40.4 Å². The lowest BCUT2D eigenvalue weighted by atomic mass is 10.1. The predicted molar refractivity (Wildman–Crippen MR) is 132 cm³/mol. The molecule has 0 spiro atoms. The monoisotopic (exact) mass is 463 g/mol. The van der Waals surface area contributed by atoms with Crippen LogP contribution >= 0.6 is 0 Å². The van der Waals surface area contributed by atoms with Gasteiger partial charge in [0.1, 0.15) is 11.9 Å². The van der Waals surface area contributed by atoms with Crippen molar-refractivity contribution in [2.75, 3.05) is 43.4 Å². The van der Waals surface area contributed by atoms with Crippen LogP contribution in [0, 0.1) is 11.3 Å². The number of fused-ring (bicyclic) bond motifs is 1. The number of rotatable bonds is 9. The normalized spacial score (nSPS) is 10.8. The van der Waals surface area contributed by atoms with E-state index < -0.39 is 6.09 Å². The number of hydrogen-bond donors (Lipinski definition) is 3. The summed E-state index contributed by atoms with van der Waals surface area (Å²) >= 11 is 0. The van der Waals surface area contributed by atoms with Crippen molar-refractivity contribution in [2.24, 2.45) is 0 Å². The van der Waals surface area contributed by atoms with Crippen LogP contribution in [0.1, 0.15) is 25.8 Å². The van der Waals surface area contributed by atoms with Gasteiger partial charge in [0.2, 0.25) is 0 Å². The molecule has 0 atom stereocenters. The van der Waals surface area contributed by atoms with Gasteiger partial charge in [-0.3, -0.25) is 9.88 Å². The van der Waals surface area contributed by atoms with E-state index in [0.29, 0.717) is 29.1 Å². The fourth-order valence-electron chi connectivity index (χ4n) is 3.73. The van der Waals surface area contributed by atoms with Crippen molar-refractivity contribution in [3.8, 4) is 6.07 Å². The van der Waals surface area contributed by atoms with Crippen molar-refractivity contribution in [1.29, 1.82) is 5.26 Å². The first-order chi connectivity index (χ1) is 16.4. The number of carbonyl (C=O) groups is 2. The summed E-state index contributed by atoms with van der Waals surface area (Å²) in [4.78, 5) is 31.9. The Morgan fingerprint density at radius 3 is 2.65 bits per heavy atom. The summed E-state index contributed by atoms with van der Waals surface area (Å²) in [6.07, 6.45) is 2.70. The predicted octanol–water partition coefficient (Wildman–Crippen LogP) is 4.06. The fourth-order valence-corrected chi connectivity index (χ4v) is 3.73. The van der Waals surface area contributed by atoms with E-state index in [0.717, 1.165) is 41.7 Å². The maximum Gasteiger partial charge on any atom is 0.415 e. The minimum atomic E-state index is -1.06. The summed E-state index contributed by atoms with van der Waals surface area (Å²) < 4.78 is 1.15. The molecule has 0 saturated heterocycles. The molecule has 2 aromatic heterocycles. The van der Waals surface area contributed by atoms with Crippen LogP contribution < -0.4 is 15.5 Å². The number of nitrogens with zero attached hydrogens (tertiary/aromatic N) is 5. The number of amides is 2. The van der Waals surface area contributed by atoms with Crippen LogP contribution in [0.2, 0.25) is 0 Å². The number of carboxylic acid groups (broad SMARTS) is 1. The van der Waals surface area contributed by atoms with Crippen molar-refractivity contribution in [3.63, 3.8) is 0 Å². The summed E-state index contributed by atoms with van der Waals surface area (Å²) in [7, 11) is 1.79. The van der Waals surface area contributed by atoms with E-state index in [1.54, 1.807) is 36.2 Å². The zero-order chi connectivity index (χ0) is 24.7. The van der Waals surface area contributed by atoms with Crippen LogP contribution in [0.15, 0.2) is 42.7 Å². The Morgan fingerprint density at radius 1 is 1.21 bits per heavy atom. The van der Waals surface area contributed by atoms with E-state index in [1.165, 1.54) is 12.4 Å². The summed E-state index contributed by atoms with van der Waals surface area (Å²) in [6.45, 7) is 7.63. The highest BCUT2D eigenvalue weighted by molar-refractivity contribution is 5.92. The number of carbonyl (C=O) groups excluding carboxylic acids is 1. The number of urea groups is 1. The van der Waals surface area contributed by atoms with Crippen LogP contribution in [0.3, 0.4) is 0 Å². The summed E-state index contributed by atoms with van der Waals surface area (Å²) in [5, 5.41) is 25.1. The minimum absolute atomic E-state index is 0.320. The SMILES string of the molecule is CCN(CC)CCCNC(=O)Nc1cc(N(C)c2ccc3c(ccn3C(=O)O)c2)c(C#N)cn1. The molecule has 0 fully saturated rings. The minimum Gasteiger partial charge on any atom is -0.464 e. The quantitative estimate of drug-likeness (QED) is 0.409. The van der Waals surface area contributed by atoms with Crippen molar-refractivity contribution in [1.82, 2.24) is 19.8 Å². The van der Waals surface area contributed by atoms with Crippen LogP contribution in [0.5, 0.6) is 0 Å². The molecule has 2 heterocycles. The number of benzene rings is 1. The largest absolute Gasteiger partial charge is 0.464 e. The molecular weight excluding hydrogens is 434 g/mol. The lowest BCUT2D eigenvalue weighted by molar-refractivity contribution is 0.197. The smallest absolute Gasteiger partial charge is 0.415 e. The molecule has 0 unspecified atom stereocenters. The molecule has 34 heavy (non-hydrogen) atoms. The van der Waals surface area contributed by atoms with Crippen LogP contribution in [-0.2, 0) is 0 Å². The standard InChI is InChI=1S/C24H29N7O3/c1-4-30(5-2)11-6-10-26-23(32)28-22-14-21(18(15-25)16-27-22)29(3)19-7-8-20-17(13-19)9-12-31(20)24(33)34/h7-9,12-14,16H,4-6,10-11H2,1-3H3,(H,33,34)(H2,26,27,28,32). The molecule has 2 amide bonds. The zero-order valence-electron chi connectivity index (χ0n) is 19.6. The van der Waals surface area contributed by atoms with Crippen LogP contribution in [0.25, 0.3) is 10.9 Å². The molecule has 0 aliphatic heterocycles. The Hall–Kier alpha value is -4.10. The Morgan fingerprint density at radius 2 is 1.97 bits per heavy atom. The summed E-state index contributed by atoms with van der Waals surface area (Å²) in [6, 6.07) is 10.5. The maximum absolute atomic E-state index is 12.3. The molecule has 0 aliphatic carbocycles. The summed E-state index contributed by atoms with van der Waals surface area (Å²) in [5.74, 6) is 0.320. The van der Waals surface area contributed by atoms with Crippen LogP contribution in [-0.4, -0.2) is 64.9 Å². The number of nitriles is 1. The van der Waals surface area contributed by atoms with Gasteiger partial charge in [0.25, 0.3) is 0 Å². The molecule has 10 heteroatoms. The molecular formula is C24H29N7O3. The highest BCUT2D eigenvalue weighted by Crippen LogP contribution is 2.31. The van der Waals surface area contributed by atoms with E-state index in [9.17, 15) is 20.0 Å². The van der Waals surface area contributed by atoms with E-state index >= 15 is 0 Å². The fraction of sp³-hybridized carbons (Fsp3) is 0.333. The molecule has 3 rings (SSSR count). The second kappa shape index (κ2) is 11.2. The third-order valence-corrected chi connectivity index (χ3v) is 5.70. The van der Waals surface area contributed by atoms with E-state index in [-0.39, 0.29) is 6.03 Å². The Bertz CT molecular complexity index is 1210. The van der Waals surface area contributed by atoms with Gasteiger partial charge in [-0.25, -0.2) is 14.6 Å². The molecule has 3 N–H and O–H groups in total. The van der Waals surface area contributed by atoms with Gasteiger partial charge in [0.15, 0.2) is 0 Å². The average Bonchev–Trinajstić information content (AvgIpc) is 3.27. The van der Waals surface area contributed by atoms with Gasteiger partial charge in [0.05, 0.1) is 16.8 Å². The third-order valence-electron chi connectivity index (χ3n) is 5.70. The molecule has 0 radical (unpaired) electrons. The van der Waals surface area contributed by atoms with E-state index in [1.807, 2.05) is 6.07 Å². The van der Waals surface area contributed by atoms with Crippen molar-refractivity contribution in [2.45, 2.75) is 20.3 Å². The Balaban J connectivity index is 1.72. The molecule has 0 saturated carbocycles. The van der Waals surface area contributed by atoms with Crippen molar-refractivity contribution < 1.29 is 14.7 Å². The number of anilines is 3. The lowest BCUT2D eigenvalue weighted by Gasteiger charge is -2.21. The number of nitrogens with one attached hydrogen (secondary N) is 2. The molecule has 0 bridgehead atoms. The topological polar surface area (TPSA) is 127 Å². The van der Waals surface area contributed by atoms with Gasteiger partial charge in [-0.1, -0.05) is 13.8 Å². The van der Waals surface area contributed by atoms with Crippen molar-refractivity contribution in [3.05, 3.63) is 48.3 Å². The van der Waals surface area contributed by atoms with Gasteiger partial charge in [-0.15, -0.1) is 0 Å². The number of hydrogen-bond acceptors (Lipinski definition) is 6. The first-order valence-electron chi connectivity index (χ1n) is 11.1. The van der Waals surface area contributed by atoms with E-state index in [4.69, 9.17) is 0 Å². The Kier molecular flexibility index (Phi) is 8.05. The van der Waals surface area contributed by atoms with Gasteiger partial charge in [0, 0.05) is 43.1 Å². The lowest BCUT2D eigenvalue weighted by Crippen LogP contribution is -2.32. The van der Waals surface area contributed by atoms with Gasteiger partial charge >= 0.3 is 12.1 Å². The molecule has 178 valence electrons. The van der Waals surface area contributed by atoms with Crippen molar-refractivity contribution >= 4 is 40.2 Å². The molecule has 1 aromatic carbocycles. The van der Waals surface area contributed by atoms with Gasteiger partial charge in [-0.2, -0.15) is 5.26 Å². The zero-order valence-corrected chi connectivity index (χ0v) is 19.6. The first-order valence-corrected chi connectivity index (χ1v) is 11.1. The van der Waals surface area contributed by atoms with Crippen LogP contribution in [0.4, 0.5) is 26.8 Å². The number of pyridine rings is 1. The summed E-state index contributed by atoms with van der Waals surface area (Å²) in [5.41, 5.74) is 2.23. The second-order valence-electron chi connectivity index (χ2n) is 7.73. The third kappa shape index (κ3) is 5.63.